The average molecular weight is 351 g/mol. The van der Waals surface area contributed by atoms with Crippen LogP contribution in [-0.4, -0.2) is 4.92 Å². The largest absolute Gasteiger partial charge is 0.392 e. The van der Waals surface area contributed by atoms with Crippen LogP contribution in [0.2, 0.25) is 0 Å². The Morgan fingerprint density at radius 2 is 1.67 bits per heavy atom. The lowest BCUT2D eigenvalue weighted by atomic mass is 9.48. The number of halogens is 1. The summed E-state index contributed by atoms with van der Waals surface area (Å²) in [6.45, 7) is 0. The van der Waals surface area contributed by atoms with Gasteiger partial charge in [-0.1, -0.05) is 0 Å². The van der Waals surface area contributed by atoms with Crippen LogP contribution in [0.15, 0.2) is 16.6 Å². The number of rotatable bonds is 2. The molecule has 0 saturated heterocycles. The molecule has 4 aliphatic carbocycles. The van der Waals surface area contributed by atoms with Gasteiger partial charge in [0.25, 0.3) is 5.69 Å². The summed E-state index contributed by atoms with van der Waals surface area (Å²) in [4.78, 5) is 10.9. The maximum atomic E-state index is 11.3. The van der Waals surface area contributed by atoms with Crippen LogP contribution in [0.25, 0.3) is 0 Å². The van der Waals surface area contributed by atoms with Crippen molar-refractivity contribution in [1.29, 1.82) is 0 Å². The van der Waals surface area contributed by atoms with Crippen LogP contribution in [0.4, 0.5) is 11.4 Å². The number of hydrogen-bond donors (Lipinski definition) is 1. The molecular formula is C16H19BrN2O2. The number of nitrogens with zero attached hydrogens (tertiary/aromatic N) is 1. The normalized spacial score (nSPS) is 36.9. The molecule has 1 aromatic carbocycles. The van der Waals surface area contributed by atoms with Crippen LogP contribution in [0.5, 0.6) is 0 Å². The minimum Gasteiger partial charge on any atom is -0.392 e. The highest BCUT2D eigenvalue weighted by molar-refractivity contribution is 9.10. The van der Waals surface area contributed by atoms with Gasteiger partial charge in [-0.3, -0.25) is 10.1 Å². The van der Waals surface area contributed by atoms with Gasteiger partial charge in [-0.15, -0.1) is 0 Å². The fraction of sp³-hybridized carbons (Fsp3) is 0.625. The minimum absolute atomic E-state index is 0.0510. The Bertz CT molecular complexity index is 594. The van der Waals surface area contributed by atoms with Gasteiger partial charge in [0, 0.05) is 10.5 Å². The van der Waals surface area contributed by atoms with E-state index < -0.39 is 0 Å². The van der Waals surface area contributed by atoms with Crippen molar-refractivity contribution < 1.29 is 4.92 Å². The molecule has 1 aromatic rings. The molecule has 5 heteroatoms. The monoisotopic (exact) mass is 350 g/mol. The summed E-state index contributed by atoms with van der Waals surface area (Å²) < 4.78 is 0.669. The first-order chi connectivity index (χ1) is 9.97. The van der Waals surface area contributed by atoms with Gasteiger partial charge in [0.05, 0.1) is 4.92 Å². The topological polar surface area (TPSA) is 69.2 Å². The Balaban J connectivity index is 1.81. The van der Waals surface area contributed by atoms with E-state index in [1.54, 1.807) is 6.07 Å². The van der Waals surface area contributed by atoms with Gasteiger partial charge in [-0.25, -0.2) is 0 Å². The van der Waals surface area contributed by atoms with E-state index in [1.807, 2.05) is 6.07 Å². The Morgan fingerprint density at radius 3 is 2.14 bits per heavy atom. The summed E-state index contributed by atoms with van der Waals surface area (Å²) in [6.07, 6.45) is 7.72. The van der Waals surface area contributed by atoms with E-state index in [0.29, 0.717) is 4.47 Å². The molecule has 0 atom stereocenters. The molecule has 0 heterocycles. The predicted molar refractivity (Wildman–Crippen MR) is 85.1 cm³/mol. The molecule has 5 rings (SSSR count). The molecule has 4 bridgehead atoms. The standard InChI is InChI=1S/C16H19BrN2O2/c17-13-4-12(5-14(15(13)18)19(20)21)16-6-9-1-10(7-16)3-11(2-9)8-16/h4-5,9-11H,1-3,6-8,18H2. The van der Waals surface area contributed by atoms with Crippen molar-refractivity contribution in [3.8, 4) is 0 Å². The van der Waals surface area contributed by atoms with Crippen LogP contribution in [0.1, 0.15) is 44.1 Å². The number of nitrogens with two attached hydrogens (primary N) is 1. The number of benzene rings is 1. The molecule has 0 aromatic heterocycles. The van der Waals surface area contributed by atoms with Gasteiger partial charge < -0.3 is 5.73 Å². The summed E-state index contributed by atoms with van der Waals surface area (Å²) >= 11 is 3.42. The smallest absolute Gasteiger partial charge is 0.293 e. The van der Waals surface area contributed by atoms with E-state index in [4.69, 9.17) is 5.73 Å². The lowest BCUT2D eigenvalue weighted by molar-refractivity contribution is -0.384. The third-order valence-corrected chi connectivity index (χ3v) is 6.61. The molecule has 4 fully saturated rings. The Labute approximate surface area is 132 Å². The van der Waals surface area contributed by atoms with E-state index in [-0.39, 0.29) is 21.7 Å². The van der Waals surface area contributed by atoms with Crippen LogP contribution in [0.3, 0.4) is 0 Å². The Kier molecular flexibility index (Phi) is 2.87. The van der Waals surface area contributed by atoms with E-state index >= 15 is 0 Å². The molecule has 4 nitrogen and oxygen atoms in total. The molecule has 21 heavy (non-hydrogen) atoms. The van der Waals surface area contributed by atoms with Crippen LogP contribution < -0.4 is 5.73 Å². The third-order valence-electron chi connectivity index (χ3n) is 5.96. The lowest BCUT2D eigenvalue weighted by Gasteiger charge is -2.57. The molecule has 0 spiro atoms. The third kappa shape index (κ3) is 2.00. The maximum Gasteiger partial charge on any atom is 0.293 e. The average Bonchev–Trinajstić information content (AvgIpc) is 2.39. The highest BCUT2D eigenvalue weighted by Crippen LogP contribution is 2.61. The van der Waals surface area contributed by atoms with Gasteiger partial charge in [-0.2, -0.15) is 0 Å². The number of anilines is 1. The number of nitro groups is 1. The zero-order valence-electron chi connectivity index (χ0n) is 11.8. The van der Waals surface area contributed by atoms with Gasteiger partial charge in [-0.05, 0) is 89.3 Å². The maximum absolute atomic E-state index is 11.3. The first-order valence-electron chi connectivity index (χ1n) is 7.71. The van der Waals surface area contributed by atoms with Crippen molar-refractivity contribution in [3.05, 3.63) is 32.3 Å². The second kappa shape index (κ2) is 4.45. The minimum atomic E-state index is -0.357. The first-order valence-corrected chi connectivity index (χ1v) is 8.50. The highest BCUT2D eigenvalue weighted by atomic mass is 79.9. The number of hydrogen-bond acceptors (Lipinski definition) is 3. The first kappa shape index (κ1) is 13.6. The van der Waals surface area contributed by atoms with E-state index in [2.05, 4.69) is 15.9 Å². The van der Waals surface area contributed by atoms with Crippen LogP contribution >= 0.6 is 15.9 Å². The molecule has 0 amide bonds. The van der Waals surface area contributed by atoms with Gasteiger partial charge in [0.15, 0.2) is 0 Å². The molecular weight excluding hydrogens is 332 g/mol. The molecule has 4 aliphatic rings. The van der Waals surface area contributed by atoms with Crippen LogP contribution in [-0.2, 0) is 5.41 Å². The zero-order valence-corrected chi connectivity index (χ0v) is 13.4. The second-order valence-corrected chi connectivity index (χ2v) is 8.20. The molecule has 0 unspecified atom stereocenters. The second-order valence-electron chi connectivity index (χ2n) is 7.35. The predicted octanol–water partition coefficient (Wildman–Crippen LogP) is 4.41. The van der Waals surface area contributed by atoms with Crippen molar-refractivity contribution in [1.82, 2.24) is 0 Å². The van der Waals surface area contributed by atoms with Gasteiger partial charge >= 0.3 is 0 Å². The van der Waals surface area contributed by atoms with Gasteiger partial charge in [0.1, 0.15) is 5.69 Å². The molecule has 112 valence electrons. The molecule has 2 N–H and O–H groups in total. The fourth-order valence-electron chi connectivity index (χ4n) is 5.52. The quantitative estimate of drug-likeness (QED) is 0.488. The van der Waals surface area contributed by atoms with Gasteiger partial charge in [0.2, 0.25) is 0 Å². The van der Waals surface area contributed by atoms with Crippen molar-refractivity contribution in [2.24, 2.45) is 17.8 Å². The molecule has 4 saturated carbocycles. The SMILES string of the molecule is Nc1c(Br)cc(C23CC4CC(CC(C4)C2)C3)cc1[N+](=O)[O-]. The summed E-state index contributed by atoms with van der Waals surface area (Å²) in [6, 6.07) is 3.78. The van der Waals surface area contributed by atoms with Crippen molar-refractivity contribution in [2.75, 3.05) is 5.73 Å². The van der Waals surface area contributed by atoms with Crippen molar-refractivity contribution in [2.45, 2.75) is 43.9 Å². The summed E-state index contributed by atoms with van der Waals surface area (Å²) in [5, 5.41) is 11.3. The molecule has 0 radical (unpaired) electrons. The van der Waals surface area contributed by atoms with E-state index in [9.17, 15) is 10.1 Å². The lowest BCUT2D eigenvalue weighted by Crippen LogP contribution is -2.48. The summed E-state index contributed by atoms with van der Waals surface area (Å²) in [5.74, 6) is 2.48. The van der Waals surface area contributed by atoms with Crippen molar-refractivity contribution >= 4 is 27.3 Å². The Hall–Kier alpha value is -1.10. The van der Waals surface area contributed by atoms with Crippen molar-refractivity contribution in [3.63, 3.8) is 0 Å². The van der Waals surface area contributed by atoms with E-state index in [1.165, 1.54) is 38.5 Å². The molecule has 0 aliphatic heterocycles. The number of nitro benzene ring substituents is 1. The summed E-state index contributed by atoms with van der Waals surface area (Å²) in [7, 11) is 0. The van der Waals surface area contributed by atoms with Crippen LogP contribution in [0, 0.1) is 27.9 Å². The Morgan fingerprint density at radius 1 is 1.14 bits per heavy atom. The summed E-state index contributed by atoms with van der Waals surface area (Å²) in [5.41, 5.74) is 7.45. The number of nitrogen functional groups attached to an aromatic ring is 1. The van der Waals surface area contributed by atoms with E-state index in [0.717, 1.165) is 23.3 Å². The fourth-order valence-corrected chi connectivity index (χ4v) is 5.97. The zero-order chi connectivity index (χ0) is 14.8. The highest BCUT2D eigenvalue weighted by Gasteiger charge is 2.52.